The Labute approximate surface area is 126 Å². The summed E-state index contributed by atoms with van der Waals surface area (Å²) >= 11 is 0. The Morgan fingerprint density at radius 3 is 2.50 bits per heavy atom. The van der Waals surface area contributed by atoms with E-state index in [2.05, 4.69) is 10.2 Å². The van der Waals surface area contributed by atoms with E-state index in [0.29, 0.717) is 43.6 Å². The van der Waals surface area contributed by atoms with Gasteiger partial charge in [0.05, 0.1) is 26.0 Å². The molecule has 1 fully saturated rings. The summed E-state index contributed by atoms with van der Waals surface area (Å²) in [4.78, 5) is 14.6. The maximum atomic E-state index is 11.4. The summed E-state index contributed by atoms with van der Waals surface area (Å²) in [5, 5.41) is 17.8. The van der Waals surface area contributed by atoms with Gasteiger partial charge in [0.15, 0.2) is 5.82 Å². The SMILES string of the molecule is COc1ccc(-n2nc(C(=O)O)c(N3CCOCC3)n2)cc1. The van der Waals surface area contributed by atoms with Crippen molar-refractivity contribution in [3.05, 3.63) is 30.0 Å². The number of rotatable bonds is 4. The van der Waals surface area contributed by atoms with Crippen LogP contribution in [0.3, 0.4) is 0 Å². The first-order valence-electron chi connectivity index (χ1n) is 6.87. The number of benzene rings is 1. The van der Waals surface area contributed by atoms with Crippen molar-refractivity contribution in [2.45, 2.75) is 0 Å². The molecule has 1 aromatic heterocycles. The first-order chi connectivity index (χ1) is 10.7. The van der Waals surface area contributed by atoms with Crippen LogP contribution >= 0.6 is 0 Å². The third-order valence-electron chi connectivity index (χ3n) is 3.41. The minimum absolute atomic E-state index is 0.0577. The van der Waals surface area contributed by atoms with Crippen LogP contribution in [0.25, 0.3) is 5.69 Å². The number of nitrogens with zero attached hydrogens (tertiary/aromatic N) is 4. The zero-order valence-corrected chi connectivity index (χ0v) is 12.1. The number of hydrogen-bond donors (Lipinski definition) is 1. The molecule has 3 rings (SSSR count). The molecule has 0 saturated carbocycles. The number of morpholine rings is 1. The molecular formula is C14H16N4O4. The topological polar surface area (TPSA) is 89.7 Å². The highest BCUT2D eigenvalue weighted by molar-refractivity contribution is 5.91. The summed E-state index contributed by atoms with van der Waals surface area (Å²) in [6.45, 7) is 2.30. The molecule has 0 amide bonds. The Kier molecular flexibility index (Phi) is 3.92. The van der Waals surface area contributed by atoms with E-state index in [1.807, 2.05) is 4.90 Å². The van der Waals surface area contributed by atoms with Crippen LogP contribution in [0, 0.1) is 0 Å². The average molecular weight is 304 g/mol. The van der Waals surface area contributed by atoms with E-state index in [4.69, 9.17) is 9.47 Å². The van der Waals surface area contributed by atoms with Crippen LogP contribution in [0.4, 0.5) is 5.82 Å². The van der Waals surface area contributed by atoms with E-state index in [-0.39, 0.29) is 5.69 Å². The molecule has 0 aliphatic carbocycles. The lowest BCUT2D eigenvalue weighted by atomic mass is 10.3. The average Bonchev–Trinajstić information content (AvgIpc) is 3.01. The number of carboxylic acid groups (broad SMARTS) is 1. The van der Waals surface area contributed by atoms with Gasteiger partial charge in [-0.15, -0.1) is 15.0 Å². The zero-order chi connectivity index (χ0) is 15.5. The molecule has 1 saturated heterocycles. The number of anilines is 1. The number of ether oxygens (including phenoxy) is 2. The minimum atomic E-state index is -1.10. The molecule has 0 atom stereocenters. The van der Waals surface area contributed by atoms with Gasteiger partial charge in [-0.2, -0.15) is 0 Å². The summed E-state index contributed by atoms with van der Waals surface area (Å²) in [6, 6.07) is 7.09. The summed E-state index contributed by atoms with van der Waals surface area (Å²) in [5.41, 5.74) is 0.612. The first-order valence-corrected chi connectivity index (χ1v) is 6.87. The van der Waals surface area contributed by atoms with E-state index in [1.54, 1.807) is 31.4 Å². The van der Waals surface area contributed by atoms with Crippen LogP contribution < -0.4 is 9.64 Å². The molecule has 22 heavy (non-hydrogen) atoms. The molecule has 1 aromatic carbocycles. The number of hydrogen-bond acceptors (Lipinski definition) is 6. The molecule has 0 radical (unpaired) electrons. The van der Waals surface area contributed by atoms with Crippen LogP contribution in [0.2, 0.25) is 0 Å². The highest BCUT2D eigenvalue weighted by atomic mass is 16.5. The molecule has 8 heteroatoms. The Balaban J connectivity index is 1.96. The van der Waals surface area contributed by atoms with Crippen molar-refractivity contribution in [1.82, 2.24) is 15.0 Å². The third kappa shape index (κ3) is 2.73. The van der Waals surface area contributed by atoms with Gasteiger partial charge in [0.25, 0.3) is 0 Å². The number of aromatic nitrogens is 3. The Bertz CT molecular complexity index is 662. The molecule has 8 nitrogen and oxygen atoms in total. The minimum Gasteiger partial charge on any atom is -0.497 e. The number of methoxy groups -OCH3 is 1. The molecule has 0 unspecified atom stereocenters. The van der Waals surface area contributed by atoms with Gasteiger partial charge in [-0.25, -0.2) is 4.79 Å². The first kappa shape index (κ1) is 14.3. The van der Waals surface area contributed by atoms with Crippen molar-refractivity contribution in [3.8, 4) is 11.4 Å². The number of carboxylic acids is 1. The Hall–Kier alpha value is -2.61. The lowest BCUT2D eigenvalue weighted by Crippen LogP contribution is -2.37. The molecule has 0 bridgehead atoms. The highest BCUT2D eigenvalue weighted by Crippen LogP contribution is 2.20. The predicted octanol–water partition coefficient (Wildman–Crippen LogP) is 0.811. The van der Waals surface area contributed by atoms with Crippen LogP contribution in [-0.2, 0) is 4.74 Å². The van der Waals surface area contributed by atoms with Gasteiger partial charge in [0.1, 0.15) is 5.75 Å². The van der Waals surface area contributed by atoms with Crippen molar-refractivity contribution in [3.63, 3.8) is 0 Å². The largest absolute Gasteiger partial charge is 0.497 e. The van der Waals surface area contributed by atoms with Gasteiger partial charge in [-0.05, 0) is 24.3 Å². The predicted molar refractivity (Wildman–Crippen MR) is 77.9 cm³/mol. The quantitative estimate of drug-likeness (QED) is 0.894. The molecule has 116 valence electrons. The molecular weight excluding hydrogens is 288 g/mol. The smallest absolute Gasteiger partial charge is 0.360 e. The summed E-state index contributed by atoms with van der Waals surface area (Å²) in [6.07, 6.45) is 0. The van der Waals surface area contributed by atoms with Crippen LogP contribution in [0.1, 0.15) is 10.5 Å². The Morgan fingerprint density at radius 1 is 1.23 bits per heavy atom. The summed E-state index contributed by atoms with van der Waals surface area (Å²) in [5.74, 6) is -0.0179. The van der Waals surface area contributed by atoms with Crippen molar-refractivity contribution in [1.29, 1.82) is 0 Å². The van der Waals surface area contributed by atoms with Crippen LogP contribution in [0.5, 0.6) is 5.75 Å². The zero-order valence-electron chi connectivity index (χ0n) is 12.1. The standard InChI is InChI=1S/C14H16N4O4/c1-21-11-4-2-10(3-5-11)18-15-12(14(19)20)13(16-18)17-6-8-22-9-7-17/h2-5H,6-9H2,1H3,(H,19,20). The van der Waals surface area contributed by atoms with Gasteiger partial charge >= 0.3 is 5.97 Å². The maximum Gasteiger partial charge on any atom is 0.360 e. The molecule has 0 spiro atoms. The van der Waals surface area contributed by atoms with E-state index in [0.717, 1.165) is 0 Å². The fraction of sp³-hybridized carbons (Fsp3) is 0.357. The van der Waals surface area contributed by atoms with Gasteiger partial charge < -0.3 is 19.5 Å². The van der Waals surface area contributed by atoms with Crippen molar-refractivity contribution >= 4 is 11.8 Å². The molecule has 1 aliphatic heterocycles. The highest BCUT2D eigenvalue weighted by Gasteiger charge is 2.24. The fourth-order valence-corrected chi connectivity index (χ4v) is 2.26. The van der Waals surface area contributed by atoms with Gasteiger partial charge in [0.2, 0.25) is 5.69 Å². The van der Waals surface area contributed by atoms with E-state index >= 15 is 0 Å². The molecule has 1 N–H and O–H groups in total. The fourth-order valence-electron chi connectivity index (χ4n) is 2.26. The van der Waals surface area contributed by atoms with Gasteiger partial charge in [-0.3, -0.25) is 0 Å². The van der Waals surface area contributed by atoms with Gasteiger partial charge in [-0.1, -0.05) is 0 Å². The second-order valence-electron chi connectivity index (χ2n) is 4.76. The third-order valence-corrected chi connectivity index (χ3v) is 3.41. The lowest BCUT2D eigenvalue weighted by Gasteiger charge is -2.26. The summed E-state index contributed by atoms with van der Waals surface area (Å²) < 4.78 is 10.4. The molecule has 2 heterocycles. The van der Waals surface area contributed by atoms with Crippen LogP contribution in [-0.4, -0.2) is 59.5 Å². The number of aromatic carboxylic acids is 1. The van der Waals surface area contributed by atoms with E-state index in [9.17, 15) is 9.90 Å². The second-order valence-corrected chi connectivity index (χ2v) is 4.76. The van der Waals surface area contributed by atoms with Crippen LogP contribution in [0.15, 0.2) is 24.3 Å². The van der Waals surface area contributed by atoms with Crippen molar-refractivity contribution < 1.29 is 19.4 Å². The molecule has 2 aromatic rings. The Morgan fingerprint density at radius 2 is 1.91 bits per heavy atom. The summed E-state index contributed by atoms with van der Waals surface area (Å²) in [7, 11) is 1.58. The lowest BCUT2D eigenvalue weighted by molar-refractivity contribution is 0.0689. The monoisotopic (exact) mass is 304 g/mol. The van der Waals surface area contributed by atoms with E-state index < -0.39 is 5.97 Å². The van der Waals surface area contributed by atoms with E-state index in [1.165, 1.54) is 4.80 Å². The normalized spacial score (nSPS) is 14.9. The van der Waals surface area contributed by atoms with Gasteiger partial charge in [0, 0.05) is 13.1 Å². The maximum absolute atomic E-state index is 11.4. The van der Waals surface area contributed by atoms with Crippen molar-refractivity contribution in [2.75, 3.05) is 38.3 Å². The number of carbonyl (C=O) groups is 1. The van der Waals surface area contributed by atoms with Crippen molar-refractivity contribution in [2.24, 2.45) is 0 Å². The molecule has 1 aliphatic rings. The second kappa shape index (κ2) is 6.02.